The summed E-state index contributed by atoms with van der Waals surface area (Å²) in [5, 5.41) is 11.2. The predicted octanol–water partition coefficient (Wildman–Crippen LogP) is 3.77. The molecule has 25 heavy (non-hydrogen) atoms. The molecule has 0 bridgehead atoms. The molecule has 8 heteroatoms. The van der Waals surface area contributed by atoms with E-state index in [0.717, 1.165) is 5.56 Å². The van der Waals surface area contributed by atoms with E-state index < -0.39 is 0 Å². The van der Waals surface area contributed by atoms with Crippen LogP contribution < -0.4 is 10.6 Å². The molecule has 128 valence electrons. The summed E-state index contributed by atoms with van der Waals surface area (Å²) in [7, 11) is 0. The molecular weight excluding hydrogens is 361 g/mol. The minimum absolute atomic E-state index is 0.154. The Morgan fingerprint density at radius 3 is 2.64 bits per heavy atom. The quantitative estimate of drug-likeness (QED) is 0.689. The Morgan fingerprint density at radius 2 is 1.92 bits per heavy atom. The smallest absolute Gasteiger partial charge is 0.252 e. The van der Waals surface area contributed by atoms with Gasteiger partial charge in [-0.05, 0) is 35.7 Å². The van der Waals surface area contributed by atoms with E-state index in [0.29, 0.717) is 16.4 Å². The zero-order valence-corrected chi connectivity index (χ0v) is 14.6. The number of amides is 2. The third kappa shape index (κ3) is 4.71. The van der Waals surface area contributed by atoms with Crippen LogP contribution in [-0.2, 0) is 4.79 Å². The van der Waals surface area contributed by atoms with Gasteiger partial charge in [0.05, 0.1) is 5.69 Å². The van der Waals surface area contributed by atoms with Gasteiger partial charge in [-0.15, -0.1) is 11.3 Å². The van der Waals surface area contributed by atoms with Gasteiger partial charge < -0.3 is 10.6 Å². The fourth-order valence-corrected chi connectivity index (χ4v) is 3.42. The lowest BCUT2D eigenvalue weighted by Crippen LogP contribution is -2.27. The zero-order valence-electron chi connectivity index (χ0n) is 13.0. The van der Waals surface area contributed by atoms with E-state index in [-0.39, 0.29) is 30.6 Å². The van der Waals surface area contributed by atoms with Crippen molar-refractivity contribution < 1.29 is 14.0 Å². The molecule has 0 aliphatic carbocycles. The number of halogens is 1. The topological polar surface area (TPSA) is 71.1 Å². The molecule has 0 fully saturated rings. The number of rotatable bonds is 6. The maximum Gasteiger partial charge on any atom is 0.252 e. The number of benzene rings is 1. The third-order valence-corrected chi connectivity index (χ3v) is 4.75. The van der Waals surface area contributed by atoms with Crippen molar-refractivity contribution in [2.45, 2.75) is 6.42 Å². The van der Waals surface area contributed by atoms with Gasteiger partial charge in [-0.2, -0.15) is 11.3 Å². The second-order valence-corrected chi connectivity index (χ2v) is 6.75. The molecule has 0 saturated carbocycles. The fraction of sp³-hybridized carbons (Fsp3) is 0.118. The first-order valence-corrected chi connectivity index (χ1v) is 9.26. The summed E-state index contributed by atoms with van der Waals surface area (Å²) in [6, 6.07) is 7.73. The zero-order chi connectivity index (χ0) is 17.6. The number of thiophene rings is 1. The number of aromatic nitrogens is 1. The monoisotopic (exact) mass is 375 g/mol. The van der Waals surface area contributed by atoms with Crippen LogP contribution in [0.4, 0.5) is 9.52 Å². The van der Waals surface area contributed by atoms with E-state index in [1.807, 2.05) is 5.38 Å². The van der Waals surface area contributed by atoms with Gasteiger partial charge in [-0.3, -0.25) is 9.59 Å². The maximum absolute atomic E-state index is 12.9. The number of hydrogen-bond donors (Lipinski definition) is 2. The summed E-state index contributed by atoms with van der Waals surface area (Å²) in [4.78, 5) is 28.0. The molecule has 3 rings (SSSR count). The number of nitrogens with zero attached hydrogens (tertiary/aromatic N) is 1. The number of nitrogens with one attached hydrogen (secondary N) is 2. The Bertz CT molecular complexity index is 860. The summed E-state index contributed by atoms with van der Waals surface area (Å²) >= 11 is 2.73. The molecule has 0 saturated heterocycles. The molecule has 2 amide bonds. The van der Waals surface area contributed by atoms with Crippen LogP contribution in [0, 0.1) is 5.82 Å². The first kappa shape index (κ1) is 17.2. The van der Waals surface area contributed by atoms with Crippen LogP contribution in [0.25, 0.3) is 11.3 Å². The van der Waals surface area contributed by atoms with Gasteiger partial charge in [0.2, 0.25) is 5.91 Å². The molecule has 0 atom stereocenters. The molecule has 0 unspecified atom stereocenters. The summed E-state index contributed by atoms with van der Waals surface area (Å²) < 4.78 is 12.9. The molecule has 2 N–H and O–H groups in total. The van der Waals surface area contributed by atoms with Crippen molar-refractivity contribution in [2.75, 3.05) is 11.9 Å². The maximum atomic E-state index is 12.9. The highest BCUT2D eigenvalue weighted by atomic mass is 32.1. The number of carbonyl (C=O) groups is 2. The molecule has 0 aliphatic heterocycles. The summed E-state index contributed by atoms with van der Waals surface area (Å²) in [6.45, 7) is 0.247. The van der Waals surface area contributed by atoms with Gasteiger partial charge >= 0.3 is 0 Å². The van der Waals surface area contributed by atoms with Crippen molar-refractivity contribution in [2.24, 2.45) is 0 Å². The lowest BCUT2D eigenvalue weighted by atomic mass is 10.2. The lowest BCUT2D eigenvalue weighted by molar-refractivity contribution is -0.116. The molecule has 0 aliphatic rings. The average molecular weight is 375 g/mol. The fourth-order valence-electron chi connectivity index (χ4n) is 2.05. The Morgan fingerprint density at radius 1 is 1.12 bits per heavy atom. The van der Waals surface area contributed by atoms with Crippen molar-refractivity contribution >= 4 is 39.6 Å². The van der Waals surface area contributed by atoms with E-state index in [1.54, 1.807) is 29.0 Å². The second kappa shape index (κ2) is 8.00. The Hall–Kier alpha value is -2.58. The second-order valence-electron chi connectivity index (χ2n) is 5.11. The average Bonchev–Trinajstić information content (AvgIpc) is 3.27. The number of carbonyl (C=O) groups excluding carboxylic acids is 2. The van der Waals surface area contributed by atoms with Crippen LogP contribution in [-0.4, -0.2) is 23.3 Å². The first-order valence-electron chi connectivity index (χ1n) is 7.43. The van der Waals surface area contributed by atoms with Gasteiger partial charge in [-0.1, -0.05) is 0 Å². The van der Waals surface area contributed by atoms with Gasteiger partial charge in [0.25, 0.3) is 5.91 Å². The first-order chi connectivity index (χ1) is 12.1. The van der Waals surface area contributed by atoms with Gasteiger partial charge in [-0.25, -0.2) is 9.37 Å². The van der Waals surface area contributed by atoms with Crippen LogP contribution in [0.15, 0.2) is 46.5 Å². The largest absolute Gasteiger partial charge is 0.351 e. The molecule has 5 nitrogen and oxygen atoms in total. The van der Waals surface area contributed by atoms with Crippen LogP contribution >= 0.6 is 22.7 Å². The molecule has 2 aromatic heterocycles. The summed E-state index contributed by atoms with van der Waals surface area (Å²) in [6.07, 6.45) is 0.154. The lowest BCUT2D eigenvalue weighted by Gasteiger charge is -2.04. The molecule has 3 aromatic rings. The number of thiazole rings is 1. The van der Waals surface area contributed by atoms with Crippen LogP contribution in [0.1, 0.15) is 16.8 Å². The predicted molar refractivity (Wildman–Crippen MR) is 97.4 cm³/mol. The SMILES string of the molecule is O=C(CCNC(=O)c1ccsc1)Nc1nc(-c2ccc(F)cc2)cs1. The molecular formula is C17H14FN3O2S2. The Balaban J connectivity index is 1.48. The molecule has 0 radical (unpaired) electrons. The molecule has 0 spiro atoms. The van der Waals surface area contributed by atoms with E-state index in [2.05, 4.69) is 15.6 Å². The van der Waals surface area contributed by atoms with Crippen molar-refractivity contribution in [3.8, 4) is 11.3 Å². The van der Waals surface area contributed by atoms with Crippen molar-refractivity contribution in [1.82, 2.24) is 10.3 Å². The molecule has 2 heterocycles. The van der Waals surface area contributed by atoms with Gasteiger partial charge in [0.1, 0.15) is 5.82 Å². The van der Waals surface area contributed by atoms with Crippen LogP contribution in [0.2, 0.25) is 0 Å². The summed E-state index contributed by atoms with van der Waals surface area (Å²) in [5.41, 5.74) is 2.04. The van der Waals surface area contributed by atoms with Gasteiger partial charge in [0, 0.05) is 34.9 Å². The standard InChI is InChI=1S/C17H14FN3O2S2/c18-13-3-1-11(2-4-13)14-10-25-17(20-14)21-15(22)5-7-19-16(23)12-6-8-24-9-12/h1-4,6,8-10H,5,7H2,(H,19,23)(H,20,21,22). The van der Waals surface area contributed by atoms with E-state index in [1.165, 1.54) is 34.8 Å². The summed E-state index contributed by atoms with van der Waals surface area (Å²) in [5.74, 6) is -0.732. The van der Waals surface area contributed by atoms with Crippen molar-refractivity contribution in [1.29, 1.82) is 0 Å². The third-order valence-electron chi connectivity index (χ3n) is 3.31. The van der Waals surface area contributed by atoms with Crippen molar-refractivity contribution in [3.05, 3.63) is 57.9 Å². The van der Waals surface area contributed by atoms with Crippen molar-refractivity contribution in [3.63, 3.8) is 0 Å². The highest BCUT2D eigenvalue weighted by Gasteiger charge is 2.10. The Labute approximate surface area is 151 Å². The van der Waals surface area contributed by atoms with Crippen LogP contribution in [0.5, 0.6) is 0 Å². The molecule has 1 aromatic carbocycles. The van der Waals surface area contributed by atoms with E-state index in [4.69, 9.17) is 0 Å². The van der Waals surface area contributed by atoms with Crippen LogP contribution in [0.3, 0.4) is 0 Å². The highest BCUT2D eigenvalue weighted by molar-refractivity contribution is 7.14. The normalized spacial score (nSPS) is 10.4. The highest BCUT2D eigenvalue weighted by Crippen LogP contribution is 2.25. The minimum Gasteiger partial charge on any atom is -0.351 e. The van der Waals surface area contributed by atoms with E-state index in [9.17, 15) is 14.0 Å². The Kier molecular flexibility index (Phi) is 5.52. The minimum atomic E-state index is -0.308. The van der Waals surface area contributed by atoms with Gasteiger partial charge in [0.15, 0.2) is 5.13 Å². The number of anilines is 1. The number of hydrogen-bond acceptors (Lipinski definition) is 5. The van der Waals surface area contributed by atoms with E-state index >= 15 is 0 Å².